The molecule has 0 unspecified atom stereocenters. The van der Waals surface area contributed by atoms with Gasteiger partial charge in [-0.25, -0.2) is 18.1 Å². The van der Waals surface area contributed by atoms with Gasteiger partial charge < -0.3 is 10.3 Å². The zero-order valence-electron chi connectivity index (χ0n) is 11.8. The molecular weight excluding hydrogens is 290 g/mol. The molecule has 2 aromatic heterocycles. The number of pyridine rings is 1. The molecule has 0 fully saturated rings. The van der Waals surface area contributed by atoms with Crippen LogP contribution in [0.25, 0.3) is 0 Å². The van der Waals surface area contributed by atoms with Gasteiger partial charge in [-0.05, 0) is 12.5 Å². The van der Waals surface area contributed by atoms with Crippen molar-refractivity contribution in [1.29, 1.82) is 0 Å². The minimum atomic E-state index is -3.59. The standard InChI is InChI=1S/C13H19N5O2S/c1-2-5-15-11-3-6-14-10-12(11)21(19,20)18-7-4-13-16-8-9-17-13/h3,6,8-10,18H,2,4-5,7H2,1H3,(H,14,15)(H,16,17). The molecule has 0 amide bonds. The predicted octanol–water partition coefficient (Wildman–Crippen LogP) is 1.15. The molecule has 8 heteroatoms. The van der Waals surface area contributed by atoms with E-state index in [1.807, 2.05) is 6.92 Å². The summed E-state index contributed by atoms with van der Waals surface area (Å²) in [6, 6.07) is 1.66. The van der Waals surface area contributed by atoms with E-state index < -0.39 is 10.0 Å². The van der Waals surface area contributed by atoms with Gasteiger partial charge >= 0.3 is 0 Å². The first-order valence-electron chi connectivity index (χ1n) is 6.79. The Hall–Kier alpha value is -1.93. The molecule has 3 N–H and O–H groups in total. The summed E-state index contributed by atoms with van der Waals surface area (Å²) in [5.41, 5.74) is 0.567. The highest BCUT2D eigenvalue weighted by Gasteiger charge is 2.18. The van der Waals surface area contributed by atoms with Crippen LogP contribution in [0.5, 0.6) is 0 Å². The molecule has 7 nitrogen and oxygen atoms in total. The summed E-state index contributed by atoms with van der Waals surface area (Å²) in [5, 5.41) is 3.10. The van der Waals surface area contributed by atoms with E-state index in [9.17, 15) is 8.42 Å². The third kappa shape index (κ3) is 4.27. The molecular formula is C13H19N5O2S. The minimum Gasteiger partial charge on any atom is -0.384 e. The lowest BCUT2D eigenvalue weighted by molar-refractivity contribution is 0.581. The van der Waals surface area contributed by atoms with Crippen molar-refractivity contribution in [2.75, 3.05) is 18.4 Å². The Labute approximate surface area is 124 Å². The smallest absolute Gasteiger partial charge is 0.244 e. The molecule has 0 saturated heterocycles. The van der Waals surface area contributed by atoms with Crippen LogP contribution in [-0.4, -0.2) is 36.5 Å². The molecule has 0 aromatic carbocycles. The molecule has 2 heterocycles. The summed E-state index contributed by atoms with van der Waals surface area (Å²) in [7, 11) is -3.59. The van der Waals surface area contributed by atoms with Crippen LogP contribution in [-0.2, 0) is 16.4 Å². The molecule has 0 atom stereocenters. The average molecular weight is 309 g/mol. The third-order valence-corrected chi connectivity index (χ3v) is 4.34. The van der Waals surface area contributed by atoms with Gasteiger partial charge in [-0.15, -0.1) is 0 Å². The number of nitrogens with zero attached hydrogens (tertiary/aromatic N) is 2. The van der Waals surface area contributed by atoms with Gasteiger partial charge in [-0.2, -0.15) is 0 Å². The normalized spacial score (nSPS) is 11.5. The van der Waals surface area contributed by atoms with Gasteiger partial charge in [-0.3, -0.25) is 4.98 Å². The van der Waals surface area contributed by atoms with E-state index >= 15 is 0 Å². The molecule has 0 saturated carbocycles. The van der Waals surface area contributed by atoms with Crippen molar-refractivity contribution in [3.63, 3.8) is 0 Å². The predicted molar refractivity (Wildman–Crippen MR) is 80.5 cm³/mol. The number of aromatic amines is 1. The zero-order valence-corrected chi connectivity index (χ0v) is 12.7. The van der Waals surface area contributed by atoms with Gasteiger partial charge in [0.15, 0.2) is 0 Å². The SMILES string of the molecule is CCCNc1ccncc1S(=O)(=O)NCCc1ncc[nH]1. The Morgan fingerprint density at radius 3 is 2.86 bits per heavy atom. The summed E-state index contributed by atoms with van der Waals surface area (Å²) in [6.45, 7) is 3.00. The maximum absolute atomic E-state index is 12.3. The average Bonchev–Trinajstić information content (AvgIpc) is 2.98. The van der Waals surface area contributed by atoms with Crippen LogP contribution in [0.4, 0.5) is 5.69 Å². The zero-order chi connectivity index (χ0) is 15.1. The fourth-order valence-electron chi connectivity index (χ4n) is 1.82. The first-order valence-corrected chi connectivity index (χ1v) is 8.27. The number of H-pyrrole nitrogens is 1. The largest absolute Gasteiger partial charge is 0.384 e. The van der Waals surface area contributed by atoms with Gasteiger partial charge in [0.05, 0.1) is 5.69 Å². The van der Waals surface area contributed by atoms with Gasteiger partial charge in [0, 0.05) is 44.3 Å². The van der Waals surface area contributed by atoms with E-state index in [2.05, 4.69) is 25.0 Å². The molecule has 2 rings (SSSR count). The van der Waals surface area contributed by atoms with E-state index in [0.717, 1.165) is 12.2 Å². The van der Waals surface area contributed by atoms with Crippen molar-refractivity contribution in [2.24, 2.45) is 0 Å². The maximum Gasteiger partial charge on any atom is 0.244 e. The first kappa shape index (κ1) is 15.5. The van der Waals surface area contributed by atoms with Crippen LogP contribution in [0, 0.1) is 0 Å². The molecule has 0 bridgehead atoms. The van der Waals surface area contributed by atoms with Crippen molar-refractivity contribution in [2.45, 2.75) is 24.7 Å². The van der Waals surface area contributed by atoms with Crippen molar-refractivity contribution < 1.29 is 8.42 Å². The van der Waals surface area contributed by atoms with Gasteiger partial charge in [0.1, 0.15) is 10.7 Å². The van der Waals surface area contributed by atoms with Crippen LogP contribution >= 0.6 is 0 Å². The van der Waals surface area contributed by atoms with Crippen molar-refractivity contribution >= 4 is 15.7 Å². The quantitative estimate of drug-likeness (QED) is 0.679. The highest BCUT2D eigenvalue weighted by atomic mass is 32.2. The molecule has 2 aromatic rings. The first-order chi connectivity index (χ1) is 10.1. The molecule has 21 heavy (non-hydrogen) atoms. The number of anilines is 1. The summed E-state index contributed by atoms with van der Waals surface area (Å²) in [6.07, 6.45) is 7.68. The Bertz CT molecular complexity index is 655. The Morgan fingerprint density at radius 2 is 2.14 bits per heavy atom. The summed E-state index contributed by atoms with van der Waals surface area (Å²) >= 11 is 0. The fraction of sp³-hybridized carbons (Fsp3) is 0.385. The van der Waals surface area contributed by atoms with Crippen LogP contribution in [0.15, 0.2) is 35.7 Å². The van der Waals surface area contributed by atoms with E-state index in [1.165, 1.54) is 6.20 Å². The second-order valence-electron chi connectivity index (χ2n) is 4.48. The van der Waals surface area contributed by atoms with Gasteiger partial charge in [-0.1, -0.05) is 6.92 Å². The monoisotopic (exact) mass is 309 g/mol. The number of hydrogen-bond acceptors (Lipinski definition) is 5. The second kappa shape index (κ2) is 7.19. The Morgan fingerprint density at radius 1 is 1.29 bits per heavy atom. The summed E-state index contributed by atoms with van der Waals surface area (Å²) in [4.78, 5) is 11.0. The number of sulfonamides is 1. The van der Waals surface area contributed by atoms with Crippen molar-refractivity contribution in [3.8, 4) is 0 Å². The van der Waals surface area contributed by atoms with Gasteiger partial charge in [0.25, 0.3) is 0 Å². The number of nitrogens with one attached hydrogen (secondary N) is 3. The summed E-state index contributed by atoms with van der Waals surface area (Å²) in [5.74, 6) is 0.744. The Kier molecular flexibility index (Phi) is 5.29. The van der Waals surface area contributed by atoms with Crippen LogP contribution < -0.4 is 10.0 Å². The highest BCUT2D eigenvalue weighted by molar-refractivity contribution is 7.89. The lowest BCUT2D eigenvalue weighted by Gasteiger charge is -2.12. The molecule has 0 radical (unpaired) electrons. The highest BCUT2D eigenvalue weighted by Crippen LogP contribution is 2.19. The van der Waals surface area contributed by atoms with Crippen LogP contribution in [0.2, 0.25) is 0 Å². The molecule has 0 aliphatic carbocycles. The van der Waals surface area contributed by atoms with Crippen molar-refractivity contribution in [3.05, 3.63) is 36.7 Å². The lowest BCUT2D eigenvalue weighted by atomic mass is 10.4. The van der Waals surface area contributed by atoms with E-state index in [4.69, 9.17) is 0 Å². The molecule has 0 aliphatic heterocycles. The molecule has 0 aliphatic rings. The van der Waals surface area contributed by atoms with Crippen LogP contribution in [0.3, 0.4) is 0 Å². The topological polar surface area (TPSA) is 99.8 Å². The van der Waals surface area contributed by atoms with E-state index in [-0.39, 0.29) is 11.4 Å². The Balaban J connectivity index is 2.04. The van der Waals surface area contributed by atoms with Crippen LogP contribution in [0.1, 0.15) is 19.2 Å². The maximum atomic E-state index is 12.3. The van der Waals surface area contributed by atoms with Gasteiger partial charge in [0.2, 0.25) is 10.0 Å². The minimum absolute atomic E-state index is 0.165. The fourth-order valence-corrected chi connectivity index (χ4v) is 2.97. The third-order valence-electron chi connectivity index (χ3n) is 2.85. The lowest BCUT2D eigenvalue weighted by Crippen LogP contribution is -2.27. The number of rotatable bonds is 8. The number of aromatic nitrogens is 3. The van der Waals surface area contributed by atoms with E-state index in [0.29, 0.717) is 18.7 Å². The number of hydrogen-bond donors (Lipinski definition) is 3. The van der Waals surface area contributed by atoms with E-state index in [1.54, 1.807) is 24.7 Å². The number of imidazole rings is 1. The molecule has 114 valence electrons. The second-order valence-corrected chi connectivity index (χ2v) is 6.22. The molecule has 0 spiro atoms. The van der Waals surface area contributed by atoms with Crippen molar-refractivity contribution in [1.82, 2.24) is 19.7 Å². The summed E-state index contributed by atoms with van der Waals surface area (Å²) < 4.78 is 27.2.